The molecule has 8 rings (SSSR count). The maximum Gasteiger partial charge on any atom is 0.234 e. The Hall–Kier alpha value is -5.21. The topological polar surface area (TPSA) is 96.0 Å². The summed E-state index contributed by atoms with van der Waals surface area (Å²) in [5.41, 5.74) is 1.42. The summed E-state index contributed by atoms with van der Waals surface area (Å²) in [6, 6.07) is 23.4. The molecule has 3 aliphatic heterocycles. The molecule has 2 aromatic carbocycles. The SMILES string of the molecule is N#Cc1nccc(N2C[C@]3(F)CN(Cc4ccc(-c5nc6n(c5-c5ccccc5)COc5ccncc5-6)cc4)C[C@]3(F)C2)n1. The number of nitrogens with zero attached hydrogens (tertiary/aromatic N) is 8. The van der Waals surface area contributed by atoms with Crippen molar-refractivity contribution in [1.29, 1.82) is 5.26 Å². The molecule has 0 N–H and O–H groups in total. The Balaban J connectivity index is 1.04. The normalized spacial score (nSPS) is 22.2. The number of anilines is 1. The Morgan fingerprint density at radius 3 is 2.39 bits per heavy atom. The highest BCUT2D eigenvalue weighted by Gasteiger charge is 2.65. The summed E-state index contributed by atoms with van der Waals surface area (Å²) < 4.78 is 40.2. The van der Waals surface area contributed by atoms with Crippen LogP contribution in [0.2, 0.25) is 0 Å². The van der Waals surface area contributed by atoms with Crippen LogP contribution in [0.3, 0.4) is 0 Å². The molecule has 0 radical (unpaired) electrons. The number of aromatic nitrogens is 5. The van der Waals surface area contributed by atoms with Crippen molar-refractivity contribution < 1.29 is 13.5 Å². The molecule has 44 heavy (non-hydrogen) atoms. The second-order valence-corrected chi connectivity index (χ2v) is 11.6. The number of benzene rings is 2. The lowest BCUT2D eigenvalue weighted by Crippen LogP contribution is -2.44. The van der Waals surface area contributed by atoms with Gasteiger partial charge in [0.15, 0.2) is 18.1 Å². The van der Waals surface area contributed by atoms with E-state index in [-0.39, 0.29) is 32.0 Å². The molecule has 3 aliphatic rings. The highest BCUT2D eigenvalue weighted by atomic mass is 19.2. The molecule has 2 atom stereocenters. The van der Waals surface area contributed by atoms with Gasteiger partial charge in [0.05, 0.1) is 30.0 Å². The van der Waals surface area contributed by atoms with Crippen molar-refractivity contribution in [3.8, 4) is 45.7 Å². The fourth-order valence-corrected chi connectivity index (χ4v) is 6.66. The summed E-state index contributed by atoms with van der Waals surface area (Å²) in [5, 5.41) is 9.10. The van der Waals surface area contributed by atoms with Gasteiger partial charge in [-0.15, -0.1) is 0 Å². The largest absolute Gasteiger partial charge is 0.472 e. The summed E-state index contributed by atoms with van der Waals surface area (Å²) in [6.07, 6.45) is 4.91. The number of halogens is 2. The van der Waals surface area contributed by atoms with Crippen LogP contribution in [-0.4, -0.2) is 66.9 Å². The maximum absolute atomic E-state index is 16.1. The number of hydrogen-bond acceptors (Lipinski definition) is 8. The summed E-state index contributed by atoms with van der Waals surface area (Å²) in [6.45, 7) is 0.435. The third kappa shape index (κ3) is 4.21. The molecular formula is C33H26F2N8O. The van der Waals surface area contributed by atoms with Gasteiger partial charge in [0, 0.05) is 49.4 Å². The predicted octanol–water partition coefficient (Wildman–Crippen LogP) is 5.04. The molecule has 3 aromatic heterocycles. The van der Waals surface area contributed by atoms with Crippen LogP contribution in [0.15, 0.2) is 85.3 Å². The average molecular weight is 589 g/mol. The lowest BCUT2D eigenvalue weighted by molar-refractivity contribution is 0.0491. The zero-order chi connectivity index (χ0) is 29.9. The first-order valence-electron chi connectivity index (χ1n) is 14.3. The smallest absolute Gasteiger partial charge is 0.234 e. The van der Waals surface area contributed by atoms with Crippen molar-refractivity contribution in [3.05, 3.63) is 96.7 Å². The summed E-state index contributed by atoms with van der Waals surface area (Å²) >= 11 is 0. The number of nitriles is 1. The number of fused-ring (bicyclic) bond motifs is 4. The number of imidazole rings is 1. The van der Waals surface area contributed by atoms with E-state index in [0.717, 1.165) is 45.2 Å². The first-order chi connectivity index (χ1) is 21.4. The van der Waals surface area contributed by atoms with Gasteiger partial charge in [-0.3, -0.25) is 14.5 Å². The molecule has 0 bridgehead atoms. The zero-order valence-corrected chi connectivity index (χ0v) is 23.6. The van der Waals surface area contributed by atoms with Crippen molar-refractivity contribution >= 4 is 5.82 Å². The van der Waals surface area contributed by atoms with Gasteiger partial charge in [-0.25, -0.2) is 23.7 Å². The molecule has 5 aromatic rings. The van der Waals surface area contributed by atoms with Gasteiger partial charge in [-0.1, -0.05) is 54.6 Å². The maximum atomic E-state index is 16.1. The number of alkyl halides is 2. The van der Waals surface area contributed by atoms with Crippen LogP contribution in [0.25, 0.3) is 33.9 Å². The number of rotatable bonds is 5. The van der Waals surface area contributed by atoms with Crippen LogP contribution in [0, 0.1) is 11.3 Å². The third-order valence-electron chi connectivity index (χ3n) is 8.72. The average Bonchev–Trinajstić information content (AvgIpc) is 3.64. The van der Waals surface area contributed by atoms with Crippen LogP contribution in [-0.2, 0) is 13.3 Å². The summed E-state index contributed by atoms with van der Waals surface area (Å²) in [5.74, 6) is 1.89. The van der Waals surface area contributed by atoms with Gasteiger partial charge >= 0.3 is 0 Å². The van der Waals surface area contributed by atoms with Crippen molar-refractivity contribution in [2.24, 2.45) is 0 Å². The van der Waals surface area contributed by atoms with Crippen molar-refractivity contribution in [1.82, 2.24) is 29.4 Å². The third-order valence-corrected chi connectivity index (χ3v) is 8.72. The van der Waals surface area contributed by atoms with E-state index in [0.29, 0.717) is 19.1 Å². The van der Waals surface area contributed by atoms with Gasteiger partial charge in [0.1, 0.15) is 23.5 Å². The van der Waals surface area contributed by atoms with Crippen molar-refractivity contribution in [2.45, 2.75) is 24.6 Å². The Morgan fingerprint density at radius 2 is 1.64 bits per heavy atom. The molecule has 218 valence electrons. The van der Waals surface area contributed by atoms with Crippen LogP contribution < -0.4 is 9.64 Å². The van der Waals surface area contributed by atoms with Gasteiger partial charge < -0.3 is 9.64 Å². The Morgan fingerprint density at radius 1 is 0.864 bits per heavy atom. The second-order valence-electron chi connectivity index (χ2n) is 11.6. The van der Waals surface area contributed by atoms with Gasteiger partial charge in [0.2, 0.25) is 5.82 Å². The summed E-state index contributed by atoms with van der Waals surface area (Å²) in [4.78, 5) is 20.8. The van der Waals surface area contributed by atoms with Gasteiger partial charge in [-0.05, 0) is 17.7 Å². The van der Waals surface area contributed by atoms with E-state index in [9.17, 15) is 0 Å². The monoisotopic (exact) mass is 588 g/mol. The Bertz CT molecular complexity index is 1900. The predicted molar refractivity (Wildman–Crippen MR) is 159 cm³/mol. The minimum absolute atomic E-state index is 0.0211. The van der Waals surface area contributed by atoms with Crippen LogP contribution in [0.4, 0.5) is 14.6 Å². The number of hydrogen-bond donors (Lipinski definition) is 0. The molecule has 11 heteroatoms. The molecule has 6 heterocycles. The van der Waals surface area contributed by atoms with E-state index >= 15 is 8.78 Å². The van der Waals surface area contributed by atoms with E-state index < -0.39 is 11.3 Å². The van der Waals surface area contributed by atoms with Gasteiger partial charge in [0.25, 0.3) is 0 Å². The van der Waals surface area contributed by atoms with Crippen LogP contribution in [0.5, 0.6) is 5.75 Å². The highest BCUT2D eigenvalue weighted by molar-refractivity contribution is 5.83. The number of ether oxygens (including phenoxy) is 1. The quantitative estimate of drug-likeness (QED) is 0.282. The van der Waals surface area contributed by atoms with E-state index in [1.807, 2.05) is 59.5 Å². The van der Waals surface area contributed by atoms with E-state index in [1.165, 1.54) is 6.20 Å². The first kappa shape index (κ1) is 26.4. The van der Waals surface area contributed by atoms with Crippen LogP contribution in [0.1, 0.15) is 11.4 Å². The van der Waals surface area contributed by atoms with Crippen molar-refractivity contribution in [2.75, 3.05) is 31.1 Å². The molecule has 0 spiro atoms. The van der Waals surface area contributed by atoms with Gasteiger partial charge in [-0.2, -0.15) is 5.26 Å². The molecule has 0 aliphatic carbocycles. The Labute approximate surface area is 252 Å². The highest BCUT2D eigenvalue weighted by Crippen LogP contribution is 2.46. The number of likely N-dealkylation sites (tertiary alicyclic amines) is 1. The minimum Gasteiger partial charge on any atom is -0.472 e. The summed E-state index contributed by atoms with van der Waals surface area (Å²) in [7, 11) is 0. The van der Waals surface area contributed by atoms with E-state index in [1.54, 1.807) is 23.4 Å². The minimum atomic E-state index is -2.04. The molecule has 0 amide bonds. The second kappa shape index (κ2) is 9.92. The van der Waals surface area contributed by atoms with E-state index in [4.69, 9.17) is 15.0 Å². The fraction of sp³-hybridized carbons (Fsp3) is 0.242. The first-order valence-corrected chi connectivity index (χ1v) is 14.3. The fourth-order valence-electron chi connectivity index (χ4n) is 6.66. The van der Waals surface area contributed by atoms with E-state index in [2.05, 4.69) is 31.7 Å². The number of pyridine rings is 1. The zero-order valence-electron chi connectivity index (χ0n) is 23.6. The standard InChI is InChI=1S/C33H26F2N8O/c34-32-17-41(18-33(32,35)20-42(19-32)28-11-13-38-27(14-36)39-28)16-22-6-8-23(9-7-22)29-30(24-4-2-1-3-5-24)43-21-44-26-10-12-37-15-25(26)31(43)40-29/h1-13,15H,16-21H2/t32-,33+. The van der Waals surface area contributed by atoms with Crippen LogP contribution >= 0.6 is 0 Å². The lowest BCUT2D eigenvalue weighted by Gasteiger charge is -2.23. The Kier molecular flexibility index (Phi) is 5.96. The lowest BCUT2D eigenvalue weighted by atomic mass is 9.94. The molecule has 0 unspecified atom stereocenters. The molecular weight excluding hydrogens is 562 g/mol. The molecule has 9 nitrogen and oxygen atoms in total. The molecule has 2 saturated heterocycles. The van der Waals surface area contributed by atoms with Crippen molar-refractivity contribution in [3.63, 3.8) is 0 Å². The molecule has 0 saturated carbocycles. The molecule has 2 fully saturated rings.